The van der Waals surface area contributed by atoms with Crippen molar-refractivity contribution < 1.29 is 4.79 Å². The highest BCUT2D eigenvalue weighted by Crippen LogP contribution is 2.23. The number of hydrogen-bond acceptors (Lipinski definition) is 2. The lowest BCUT2D eigenvalue weighted by molar-refractivity contribution is -0.136. The van der Waals surface area contributed by atoms with Gasteiger partial charge in [-0.05, 0) is 52.1 Å². The second-order valence-electron chi connectivity index (χ2n) is 5.98. The number of carbonyl (C=O) groups excluding carboxylic acids is 1. The molecule has 18 heavy (non-hydrogen) atoms. The molecule has 0 aromatic heterocycles. The van der Waals surface area contributed by atoms with Crippen molar-refractivity contribution in [2.75, 3.05) is 20.1 Å². The van der Waals surface area contributed by atoms with Crippen LogP contribution in [0.25, 0.3) is 0 Å². The van der Waals surface area contributed by atoms with Gasteiger partial charge in [0.15, 0.2) is 0 Å². The molecule has 0 aliphatic carbocycles. The van der Waals surface area contributed by atoms with Gasteiger partial charge >= 0.3 is 0 Å². The van der Waals surface area contributed by atoms with Gasteiger partial charge in [-0.2, -0.15) is 0 Å². The van der Waals surface area contributed by atoms with Gasteiger partial charge < -0.3 is 9.80 Å². The lowest BCUT2D eigenvalue weighted by Crippen LogP contribution is -2.47. The van der Waals surface area contributed by atoms with Crippen molar-refractivity contribution in [3.05, 3.63) is 0 Å². The largest absolute Gasteiger partial charge is 0.340 e. The zero-order chi connectivity index (χ0) is 13.0. The Labute approximate surface area is 112 Å². The van der Waals surface area contributed by atoms with Crippen LogP contribution in [0.1, 0.15) is 58.3 Å². The molecule has 0 bridgehead atoms. The minimum absolute atomic E-state index is 0.403. The van der Waals surface area contributed by atoms with Crippen molar-refractivity contribution in [2.45, 2.75) is 70.4 Å². The molecule has 1 amide bonds. The Balaban J connectivity index is 1.89. The van der Waals surface area contributed by atoms with Crippen molar-refractivity contribution in [3.8, 4) is 0 Å². The van der Waals surface area contributed by atoms with Gasteiger partial charge in [0.25, 0.3) is 0 Å². The molecule has 3 heteroatoms. The third kappa shape index (κ3) is 3.25. The standard InChI is InChI=1S/C15H28N2O/c1-3-13-8-5-7-11-17(13)15(18)12-14-9-4-6-10-16(14)2/h13-14H,3-12H2,1-2H3. The third-order valence-corrected chi connectivity index (χ3v) is 4.75. The van der Waals surface area contributed by atoms with Crippen LogP contribution >= 0.6 is 0 Å². The van der Waals surface area contributed by atoms with Gasteiger partial charge in [0.1, 0.15) is 0 Å². The van der Waals surface area contributed by atoms with E-state index in [2.05, 4.69) is 23.8 Å². The van der Waals surface area contributed by atoms with Gasteiger partial charge in [0.05, 0.1) is 0 Å². The van der Waals surface area contributed by atoms with E-state index in [-0.39, 0.29) is 0 Å². The fraction of sp³-hybridized carbons (Fsp3) is 0.933. The van der Waals surface area contributed by atoms with E-state index in [1.54, 1.807) is 0 Å². The van der Waals surface area contributed by atoms with E-state index < -0.39 is 0 Å². The number of hydrogen-bond donors (Lipinski definition) is 0. The molecule has 2 saturated heterocycles. The molecule has 0 saturated carbocycles. The molecule has 2 atom stereocenters. The summed E-state index contributed by atoms with van der Waals surface area (Å²) >= 11 is 0. The normalized spacial score (nSPS) is 30.4. The van der Waals surface area contributed by atoms with Gasteiger partial charge in [-0.15, -0.1) is 0 Å². The molecule has 2 aliphatic heterocycles. The Morgan fingerprint density at radius 1 is 1.06 bits per heavy atom. The molecule has 2 aliphatic rings. The van der Waals surface area contributed by atoms with Gasteiger partial charge in [0, 0.05) is 25.0 Å². The zero-order valence-corrected chi connectivity index (χ0v) is 12.0. The lowest BCUT2D eigenvalue weighted by atomic mass is 9.96. The minimum atomic E-state index is 0.403. The minimum Gasteiger partial charge on any atom is -0.340 e. The molecule has 2 heterocycles. The second kappa shape index (κ2) is 6.55. The fourth-order valence-electron chi connectivity index (χ4n) is 3.47. The maximum absolute atomic E-state index is 12.5. The van der Waals surface area contributed by atoms with Crippen LogP contribution in [0.4, 0.5) is 0 Å². The van der Waals surface area contributed by atoms with Crippen LogP contribution < -0.4 is 0 Å². The van der Waals surface area contributed by atoms with Crippen molar-refractivity contribution in [2.24, 2.45) is 0 Å². The molecular weight excluding hydrogens is 224 g/mol. The van der Waals surface area contributed by atoms with E-state index in [4.69, 9.17) is 0 Å². The van der Waals surface area contributed by atoms with Crippen LogP contribution in [-0.4, -0.2) is 47.9 Å². The second-order valence-corrected chi connectivity index (χ2v) is 5.98. The van der Waals surface area contributed by atoms with Crippen molar-refractivity contribution >= 4 is 5.91 Å². The topological polar surface area (TPSA) is 23.6 Å². The van der Waals surface area contributed by atoms with E-state index in [0.717, 1.165) is 25.9 Å². The highest BCUT2D eigenvalue weighted by molar-refractivity contribution is 5.77. The summed E-state index contributed by atoms with van der Waals surface area (Å²) in [5.74, 6) is 0.403. The molecule has 2 fully saturated rings. The molecule has 0 spiro atoms. The first-order chi connectivity index (χ1) is 8.72. The van der Waals surface area contributed by atoms with Gasteiger partial charge in [-0.1, -0.05) is 13.3 Å². The number of nitrogens with zero attached hydrogens (tertiary/aromatic N) is 2. The predicted molar refractivity (Wildman–Crippen MR) is 74.5 cm³/mol. The van der Waals surface area contributed by atoms with Crippen LogP contribution in [0.15, 0.2) is 0 Å². The van der Waals surface area contributed by atoms with E-state index in [1.807, 2.05) is 0 Å². The first kappa shape index (κ1) is 13.9. The van der Waals surface area contributed by atoms with E-state index in [0.29, 0.717) is 18.0 Å². The average Bonchev–Trinajstić information content (AvgIpc) is 2.41. The number of piperidine rings is 2. The summed E-state index contributed by atoms with van der Waals surface area (Å²) in [6, 6.07) is 1.01. The molecule has 104 valence electrons. The first-order valence-corrected chi connectivity index (χ1v) is 7.72. The Hall–Kier alpha value is -0.570. The number of amides is 1. The van der Waals surface area contributed by atoms with Gasteiger partial charge in [-0.3, -0.25) is 4.79 Å². The Bertz CT molecular complexity index is 280. The lowest BCUT2D eigenvalue weighted by Gasteiger charge is -2.38. The van der Waals surface area contributed by atoms with E-state index in [1.165, 1.54) is 38.5 Å². The predicted octanol–water partition coefficient (Wildman–Crippen LogP) is 2.65. The van der Waals surface area contributed by atoms with Crippen LogP contribution in [0.3, 0.4) is 0 Å². The Morgan fingerprint density at radius 2 is 1.72 bits per heavy atom. The quantitative estimate of drug-likeness (QED) is 0.771. The van der Waals surface area contributed by atoms with Crippen LogP contribution in [0, 0.1) is 0 Å². The molecule has 0 aromatic rings. The van der Waals surface area contributed by atoms with Crippen LogP contribution in [-0.2, 0) is 4.79 Å². The highest BCUT2D eigenvalue weighted by atomic mass is 16.2. The van der Waals surface area contributed by atoms with Crippen LogP contribution in [0.2, 0.25) is 0 Å². The summed E-state index contributed by atoms with van der Waals surface area (Å²) in [7, 11) is 2.17. The summed E-state index contributed by atoms with van der Waals surface area (Å²) in [6.07, 6.45) is 9.35. The summed E-state index contributed by atoms with van der Waals surface area (Å²) in [5.41, 5.74) is 0. The SMILES string of the molecule is CCC1CCCCN1C(=O)CC1CCCCN1C. The smallest absolute Gasteiger partial charge is 0.224 e. The summed E-state index contributed by atoms with van der Waals surface area (Å²) in [5, 5.41) is 0. The first-order valence-electron chi connectivity index (χ1n) is 7.72. The van der Waals surface area contributed by atoms with Crippen LogP contribution in [0.5, 0.6) is 0 Å². The fourth-order valence-corrected chi connectivity index (χ4v) is 3.47. The molecular formula is C15H28N2O. The van der Waals surface area contributed by atoms with E-state index in [9.17, 15) is 4.79 Å². The number of rotatable bonds is 3. The zero-order valence-electron chi connectivity index (χ0n) is 12.0. The van der Waals surface area contributed by atoms with Gasteiger partial charge in [0.2, 0.25) is 5.91 Å². The van der Waals surface area contributed by atoms with Crippen molar-refractivity contribution in [3.63, 3.8) is 0 Å². The van der Waals surface area contributed by atoms with Crippen molar-refractivity contribution in [1.29, 1.82) is 0 Å². The van der Waals surface area contributed by atoms with Crippen molar-refractivity contribution in [1.82, 2.24) is 9.80 Å². The highest BCUT2D eigenvalue weighted by Gasteiger charge is 2.29. The molecule has 2 unspecified atom stereocenters. The molecule has 0 aromatic carbocycles. The molecule has 0 radical (unpaired) electrons. The molecule has 0 N–H and O–H groups in total. The van der Waals surface area contributed by atoms with E-state index >= 15 is 0 Å². The third-order valence-electron chi connectivity index (χ3n) is 4.75. The Kier molecular flexibility index (Phi) is 5.04. The molecule has 2 rings (SSSR count). The summed E-state index contributed by atoms with van der Waals surface area (Å²) in [4.78, 5) is 17.0. The number of likely N-dealkylation sites (tertiary alicyclic amines) is 2. The molecule has 3 nitrogen and oxygen atoms in total. The summed E-state index contributed by atoms with van der Waals surface area (Å²) < 4.78 is 0. The number of carbonyl (C=O) groups is 1. The average molecular weight is 252 g/mol. The Morgan fingerprint density at radius 3 is 2.39 bits per heavy atom. The maximum atomic E-state index is 12.5. The monoisotopic (exact) mass is 252 g/mol. The van der Waals surface area contributed by atoms with Gasteiger partial charge in [-0.25, -0.2) is 0 Å². The summed E-state index contributed by atoms with van der Waals surface area (Å²) in [6.45, 7) is 4.37. The maximum Gasteiger partial charge on any atom is 0.224 e.